The maximum absolute atomic E-state index is 14.0. The van der Waals surface area contributed by atoms with E-state index < -0.39 is 17.6 Å². The van der Waals surface area contributed by atoms with Gasteiger partial charge in [0.1, 0.15) is 16.7 Å². The maximum atomic E-state index is 14.0. The van der Waals surface area contributed by atoms with Crippen LogP contribution >= 0.6 is 35.0 Å². The summed E-state index contributed by atoms with van der Waals surface area (Å²) in [4.78, 5) is 12.0. The molecule has 27 heavy (non-hydrogen) atoms. The number of nitrogens with zero attached hydrogens (tertiary/aromatic N) is 3. The van der Waals surface area contributed by atoms with E-state index in [1.807, 2.05) is 0 Å². The van der Waals surface area contributed by atoms with Gasteiger partial charge in [0.25, 0.3) is 0 Å². The fourth-order valence-corrected chi connectivity index (χ4v) is 3.81. The molecule has 0 aliphatic rings. The average Bonchev–Trinajstić information content (AvgIpc) is 3.07. The van der Waals surface area contributed by atoms with Gasteiger partial charge in [-0.15, -0.1) is 5.10 Å². The quantitative estimate of drug-likeness (QED) is 0.425. The Morgan fingerprint density at radius 2 is 1.96 bits per heavy atom. The summed E-state index contributed by atoms with van der Waals surface area (Å²) >= 11 is 13.0. The average molecular weight is 430 g/mol. The second kappa shape index (κ2) is 8.24. The van der Waals surface area contributed by atoms with E-state index in [0.717, 1.165) is 11.8 Å². The van der Waals surface area contributed by atoms with E-state index in [2.05, 4.69) is 10.3 Å². The van der Waals surface area contributed by atoms with Gasteiger partial charge >= 0.3 is 5.97 Å². The first-order chi connectivity index (χ1) is 12.9. The van der Waals surface area contributed by atoms with Crippen molar-refractivity contribution in [2.24, 2.45) is 0 Å². The fourth-order valence-electron chi connectivity index (χ4n) is 2.22. The molecule has 0 aliphatic heterocycles. The molecule has 1 heterocycles. The molecule has 1 aromatic heterocycles. The molecule has 0 amide bonds. The highest BCUT2D eigenvalue weighted by atomic mass is 35.5. The fraction of sp³-hybridized carbons (Fsp3) is 0.118. The Labute approximate surface area is 167 Å². The molecule has 0 fully saturated rings. The standard InChI is InChI=1S/C17H11Cl2F2N3O2S/c1-26-17(25)15-16(27-8-10-11(18)3-2-4-13(10)20)24(23-22-15)9-5-6-14(21)12(19)7-9/h2-7H,8H2,1H3. The molecule has 10 heteroatoms. The third-order valence-corrected chi connectivity index (χ3v) is 5.29. The number of halogens is 4. The molecule has 0 aliphatic carbocycles. The van der Waals surface area contributed by atoms with Crippen LogP contribution in [0.4, 0.5) is 8.78 Å². The van der Waals surface area contributed by atoms with Gasteiger partial charge in [-0.2, -0.15) is 0 Å². The Balaban J connectivity index is 2.02. The van der Waals surface area contributed by atoms with Gasteiger partial charge in [-0.3, -0.25) is 0 Å². The minimum absolute atomic E-state index is 0.0598. The van der Waals surface area contributed by atoms with E-state index in [0.29, 0.717) is 5.69 Å². The summed E-state index contributed by atoms with van der Waals surface area (Å²) in [6.45, 7) is 0. The van der Waals surface area contributed by atoms with Crippen molar-refractivity contribution in [2.45, 2.75) is 10.8 Å². The molecule has 140 valence electrons. The summed E-state index contributed by atoms with van der Waals surface area (Å²) in [5, 5.41) is 8.17. The van der Waals surface area contributed by atoms with Crippen LogP contribution in [-0.4, -0.2) is 28.1 Å². The SMILES string of the molecule is COC(=O)c1nnn(-c2ccc(F)c(Cl)c2)c1SCc1c(F)cccc1Cl. The lowest BCUT2D eigenvalue weighted by Crippen LogP contribution is -2.05. The highest BCUT2D eigenvalue weighted by Crippen LogP contribution is 2.32. The molecule has 0 saturated carbocycles. The molecule has 0 bridgehead atoms. The van der Waals surface area contributed by atoms with Crippen LogP contribution in [0.2, 0.25) is 10.0 Å². The van der Waals surface area contributed by atoms with Crippen molar-refractivity contribution < 1.29 is 18.3 Å². The van der Waals surface area contributed by atoms with E-state index in [9.17, 15) is 13.6 Å². The number of hydrogen-bond acceptors (Lipinski definition) is 5. The number of carbonyl (C=O) groups is 1. The molecular weight excluding hydrogens is 419 g/mol. The molecule has 2 aromatic carbocycles. The predicted octanol–water partition coefficient (Wildman–Crippen LogP) is 4.93. The number of methoxy groups -OCH3 is 1. The summed E-state index contributed by atoms with van der Waals surface area (Å²) in [7, 11) is 1.21. The molecule has 0 N–H and O–H groups in total. The van der Waals surface area contributed by atoms with Crippen molar-refractivity contribution in [3.8, 4) is 5.69 Å². The number of hydrogen-bond donors (Lipinski definition) is 0. The number of aromatic nitrogens is 3. The summed E-state index contributed by atoms with van der Waals surface area (Å²) in [6, 6.07) is 8.29. The van der Waals surface area contributed by atoms with Crippen molar-refractivity contribution in [1.29, 1.82) is 0 Å². The molecule has 5 nitrogen and oxygen atoms in total. The first-order valence-corrected chi connectivity index (χ1v) is 9.21. The number of carbonyl (C=O) groups excluding carboxylic acids is 1. The third-order valence-electron chi connectivity index (χ3n) is 3.57. The minimum Gasteiger partial charge on any atom is -0.464 e. The van der Waals surface area contributed by atoms with Gasteiger partial charge in [-0.1, -0.05) is 46.2 Å². The van der Waals surface area contributed by atoms with Crippen LogP contribution in [0.25, 0.3) is 5.69 Å². The Bertz CT molecular complexity index is 994. The molecule has 0 spiro atoms. The zero-order valence-electron chi connectivity index (χ0n) is 13.7. The van der Waals surface area contributed by atoms with Gasteiger partial charge in [0.15, 0.2) is 0 Å². The Morgan fingerprint density at radius 3 is 2.63 bits per heavy atom. The zero-order chi connectivity index (χ0) is 19.6. The normalized spacial score (nSPS) is 10.9. The first kappa shape index (κ1) is 19.6. The second-order valence-corrected chi connectivity index (χ2v) is 7.01. The smallest absolute Gasteiger partial charge is 0.361 e. The van der Waals surface area contributed by atoms with E-state index in [1.165, 1.54) is 42.1 Å². The number of benzene rings is 2. The van der Waals surface area contributed by atoms with Gasteiger partial charge in [0.2, 0.25) is 5.69 Å². The molecule has 0 radical (unpaired) electrons. The molecule has 3 rings (SSSR count). The summed E-state index contributed by atoms with van der Waals surface area (Å²) < 4.78 is 33.5. The molecule has 3 aromatic rings. The monoisotopic (exact) mass is 429 g/mol. The van der Waals surface area contributed by atoms with E-state index in [1.54, 1.807) is 6.07 Å². The summed E-state index contributed by atoms with van der Waals surface area (Å²) in [5.74, 6) is -1.67. The third kappa shape index (κ3) is 4.07. The van der Waals surface area contributed by atoms with Crippen LogP contribution < -0.4 is 0 Å². The predicted molar refractivity (Wildman–Crippen MR) is 98.6 cm³/mol. The van der Waals surface area contributed by atoms with Gasteiger partial charge in [-0.25, -0.2) is 18.3 Å². The summed E-state index contributed by atoms with van der Waals surface area (Å²) in [5.41, 5.74) is 0.589. The number of rotatable bonds is 5. The molecule has 0 atom stereocenters. The highest BCUT2D eigenvalue weighted by Gasteiger charge is 2.23. The molecular formula is C17H11Cl2F2N3O2S. The lowest BCUT2D eigenvalue weighted by Gasteiger charge is -2.09. The van der Waals surface area contributed by atoms with Gasteiger partial charge < -0.3 is 4.74 Å². The lowest BCUT2D eigenvalue weighted by atomic mass is 10.2. The van der Waals surface area contributed by atoms with Crippen molar-refractivity contribution >= 4 is 40.9 Å². The van der Waals surface area contributed by atoms with Crippen LogP contribution in [0.15, 0.2) is 41.4 Å². The van der Waals surface area contributed by atoms with Crippen LogP contribution in [0.1, 0.15) is 16.1 Å². The van der Waals surface area contributed by atoms with Crippen molar-refractivity contribution in [1.82, 2.24) is 15.0 Å². The lowest BCUT2D eigenvalue weighted by molar-refractivity contribution is 0.0589. The molecule has 0 saturated heterocycles. The van der Waals surface area contributed by atoms with Crippen molar-refractivity contribution in [3.05, 3.63) is 69.3 Å². The number of thioether (sulfide) groups is 1. The molecule has 0 unspecified atom stereocenters. The topological polar surface area (TPSA) is 57.0 Å². The van der Waals surface area contributed by atoms with E-state index in [4.69, 9.17) is 27.9 Å². The van der Waals surface area contributed by atoms with Crippen LogP contribution in [0.5, 0.6) is 0 Å². The van der Waals surface area contributed by atoms with E-state index >= 15 is 0 Å². The summed E-state index contributed by atoms with van der Waals surface area (Å²) in [6.07, 6.45) is 0. The van der Waals surface area contributed by atoms with Crippen molar-refractivity contribution in [2.75, 3.05) is 7.11 Å². The van der Waals surface area contributed by atoms with Crippen molar-refractivity contribution in [3.63, 3.8) is 0 Å². The Kier molecular flexibility index (Phi) is 5.98. The minimum atomic E-state index is -0.711. The largest absolute Gasteiger partial charge is 0.464 e. The van der Waals surface area contributed by atoms with E-state index in [-0.39, 0.29) is 32.1 Å². The first-order valence-electron chi connectivity index (χ1n) is 7.47. The Morgan fingerprint density at radius 1 is 1.19 bits per heavy atom. The maximum Gasteiger partial charge on any atom is 0.361 e. The van der Waals surface area contributed by atoms with Crippen LogP contribution in [0.3, 0.4) is 0 Å². The zero-order valence-corrected chi connectivity index (χ0v) is 16.1. The Hall–Kier alpha value is -2.16. The van der Waals surface area contributed by atoms with Gasteiger partial charge in [0.05, 0.1) is 17.8 Å². The van der Waals surface area contributed by atoms with Gasteiger partial charge in [0, 0.05) is 16.3 Å². The highest BCUT2D eigenvalue weighted by molar-refractivity contribution is 7.98. The number of ether oxygens (including phenoxy) is 1. The second-order valence-electron chi connectivity index (χ2n) is 5.23. The number of esters is 1. The van der Waals surface area contributed by atoms with Crippen LogP contribution in [0, 0.1) is 11.6 Å². The van der Waals surface area contributed by atoms with Gasteiger partial charge in [-0.05, 0) is 30.3 Å². The van der Waals surface area contributed by atoms with Crippen LogP contribution in [-0.2, 0) is 10.5 Å².